The van der Waals surface area contributed by atoms with Gasteiger partial charge in [-0.15, -0.1) is 0 Å². The van der Waals surface area contributed by atoms with Crippen molar-refractivity contribution in [3.05, 3.63) is 28.7 Å². The smallest absolute Gasteiger partial charge is 0.233 e. The van der Waals surface area contributed by atoms with Crippen LogP contribution in [0.15, 0.2) is 28.7 Å². The standard InChI is InChI=1S/C12H18BrN3O2S/c13-11-2-1-3-12(10-11)15-19(17,18)9-8-16-6-4-14-5-7-16/h1-3,10,14-15H,4-9H2. The molecule has 5 nitrogen and oxygen atoms in total. The van der Waals surface area contributed by atoms with E-state index >= 15 is 0 Å². The van der Waals surface area contributed by atoms with Crippen LogP contribution in [0.2, 0.25) is 0 Å². The lowest BCUT2D eigenvalue weighted by molar-refractivity contribution is 0.254. The van der Waals surface area contributed by atoms with Crippen molar-refractivity contribution in [1.29, 1.82) is 0 Å². The van der Waals surface area contributed by atoms with Crippen molar-refractivity contribution in [2.45, 2.75) is 0 Å². The highest BCUT2D eigenvalue weighted by atomic mass is 79.9. The Labute approximate surface area is 122 Å². The Morgan fingerprint density at radius 2 is 2.05 bits per heavy atom. The molecule has 0 saturated carbocycles. The van der Waals surface area contributed by atoms with Gasteiger partial charge in [-0.1, -0.05) is 22.0 Å². The molecule has 2 N–H and O–H groups in total. The Morgan fingerprint density at radius 3 is 2.74 bits per heavy atom. The molecule has 0 bridgehead atoms. The zero-order valence-electron chi connectivity index (χ0n) is 10.6. The fourth-order valence-corrected chi connectivity index (χ4v) is 3.45. The summed E-state index contributed by atoms with van der Waals surface area (Å²) < 4.78 is 27.4. The highest BCUT2D eigenvalue weighted by Gasteiger charge is 2.15. The molecule has 1 aromatic rings. The van der Waals surface area contributed by atoms with E-state index in [0.717, 1.165) is 30.7 Å². The minimum Gasteiger partial charge on any atom is -0.314 e. The number of rotatable bonds is 5. The van der Waals surface area contributed by atoms with Gasteiger partial charge in [0.1, 0.15) is 0 Å². The van der Waals surface area contributed by atoms with Gasteiger partial charge in [0, 0.05) is 42.9 Å². The van der Waals surface area contributed by atoms with Crippen LogP contribution in [0.1, 0.15) is 0 Å². The maximum Gasteiger partial charge on any atom is 0.233 e. The molecule has 1 aliphatic rings. The Morgan fingerprint density at radius 1 is 1.32 bits per heavy atom. The number of hydrogen-bond donors (Lipinski definition) is 2. The number of sulfonamides is 1. The lowest BCUT2D eigenvalue weighted by atomic mass is 10.3. The monoisotopic (exact) mass is 347 g/mol. The number of hydrogen-bond acceptors (Lipinski definition) is 4. The molecule has 0 unspecified atom stereocenters. The van der Waals surface area contributed by atoms with Gasteiger partial charge in [0.15, 0.2) is 0 Å². The molecule has 19 heavy (non-hydrogen) atoms. The van der Waals surface area contributed by atoms with Gasteiger partial charge < -0.3 is 5.32 Å². The lowest BCUT2D eigenvalue weighted by Crippen LogP contribution is -2.45. The van der Waals surface area contributed by atoms with E-state index in [4.69, 9.17) is 0 Å². The van der Waals surface area contributed by atoms with E-state index < -0.39 is 10.0 Å². The van der Waals surface area contributed by atoms with E-state index in [1.807, 2.05) is 6.07 Å². The number of nitrogens with one attached hydrogen (secondary N) is 2. The average molecular weight is 348 g/mol. The molecule has 1 saturated heterocycles. The van der Waals surface area contributed by atoms with E-state index in [1.54, 1.807) is 18.2 Å². The Balaban J connectivity index is 1.87. The summed E-state index contributed by atoms with van der Waals surface area (Å²) in [5, 5.41) is 3.25. The van der Waals surface area contributed by atoms with Gasteiger partial charge in [-0.25, -0.2) is 8.42 Å². The summed E-state index contributed by atoms with van der Waals surface area (Å²) >= 11 is 3.32. The van der Waals surface area contributed by atoms with Crippen LogP contribution in [0.25, 0.3) is 0 Å². The van der Waals surface area contributed by atoms with E-state index in [2.05, 4.69) is 30.9 Å². The first-order chi connectivity index (χ1) is 9.05. The normalized spacial score (nSPS) is 17.3. The molecule has 0 aliphatic carbocycles. The lowest BCUT2D eigenvalue weighted by Gasteiger charge is -2.26. The van der Waals surface area contributed by atoms with Gasteiger partial charge >= 0.3 is 0 Å². The molecular weight excluding hydrogens is 330 g/mol. The Hall–Kier alpha value is -0.630. The molecule has 0 aromatic heterocycles. The molecule has 0 atom stereocenters. The maximum absolute atomic E-state index is 12.0. The number of halogens is 1. The molecule has 0 radical (unpaired) electrons. The Kier molecular flexibility index (Phi) is 5.20. The summed E-state index contributed by atoms with van der Waals surface area (Å²) in [5.74, 6) is 0.125. The number of nitrogens with zero attached hydrogens (tertiary/aromatic N) is 1. The third-order valence-corrected chi connectivity index (χ3v) is 4.74. The van der Waals surface area contributed by atoms with Gasteiger partial charge in [-0.05, 0) is 18.2 Å². The fraction of sp³-hybridized carbons (Fsp3) is 0.500. The molecule has 1 aromatic carbocycles. The fourth-order valence-electron chi connectivity index (χ4n) is 1.97. The highest BCUT2D eigenvalue weighted by molar-refractivity contribution is 9.10. The molecule has 0 spiro atoms. The van der Waals surface area contributed by atoms with Crippen LogP contribution in [-0.4, -0.2) is 51.8 Å². The van der Waals surface area contributed by atoms with Gasteiger partial charge in [0.25, 0.3) is 0 Å². The highest BCUT2D eigenvalue weighted by Crippen LogP contribution is 2.16. The van der Waals surface area contributed by atoms with E-state index in [0.29, 0.717) is 12.2 Å². The van der Waals surface area contributed by atoms with E-state index in [-0.39, 0.29) is 5.75 Å². The molecule has 1 fully saturated rings. The first kappa shape index (κ1) is 14.8. The predicted molar refractivity (Wildman–Crippen MR) is 80.9 cm³/mol. The van der Waals surface area contributed by atoms with Crippen molar-refractivity contribution in [2.75, 3.05) is 43.2 Å². The number of anilines is 1. The number of piperazine rings is 1. The first-order valence-corrected chi connectivity index (χ1v) is 8.69. The zero-order chi connectivity index (χ0) is 13.7. The summed E-state index contributed by atoms with van der Waals surface area (Å²) in [4.78, 5) is 2.16. The summed E-state index contributed by atoms with van der Waals surface area (Å²) in [7, 11) is -3.28. The molecule has 0 amide bonds. The third-order valence-electron chi connectivity index (χ3n) is 2.98. The predicted octanol–water partition coefficient (Wildman–Crippen LogP) is 1.10. The first-order valence-electron chi connectivity index (χ1n) is 6.24. The molecular formula is C12H18BrN3O2S. The Bertz CT molecular complexity index is 515. The van der Waals surface area contributed by atoms with Crippen molar-refractivity contribution >= 4 is 31.6 Å². The van der Waals surface area contributed by atoms with Crippen LogP contribution in [0.3, 0.4) is 0 Å². The summed E-state index contributed by atoms with van der Waals surface area (Å²) in [5.41, 5.74) is 0.592. The molecule has 1 aliphatic heterocycles. The quantitative estimate of drug-likeness (QED) is 0.837. The second-order valence-corrected chi connectivity index (χ2v) is 7.28. The SMILES string of the molecule is O=S(=O)(CCN1CCNCC1)Nc1cccc(Br)c1. The molecule has 106 valence electrons. The summed E-state index contributed by atoms with van der Waals surface area (Å²) in [6.07, 6.45) is 0. The van der Waals surface area contributed by atoms with Crippen LogP contribution < -0.4 is 10.0 Å². The van der Waals surface area contributed by atoms with Crippen LogP contribution in [0, 0.1) is 0 Å². The van der Waals surface area contributed by atoms with E-state index in [1.165, 1.54) is 0 Å². The third kappa shape index (κ3) is 5.10. The van der Waals surface area contributed by atoms with Crippen LogP contribution in [0.5, 0.6) is 0 Å². The topological polar surface area (TPSA) is 61.4 Å². The minimum absolute atomic E-state index is 0.125. The van der Waals surface area contributed by atoms with Crippen LogP contribution >= 0.6 is 15.9 Å². The molecule has 7 heteroatoms. The van der Waals surface area contributed by atoms with Crippen molar-refractivity contribution < 1.29 is 8.42 Å². The minimum atomic E-state index is -3.28. The van der Waals surface area contributed by atoms with Gasteiger partial charge in [0.05, 0.1) is 5.75 Å². The summed E-state index contributed by atoms with van der Waals surface area (Å²) in [6.45, 7) is 4.25. The van der Waals surface area contributed by atoms with Crippen molar-refractivity contribution in [3.8, 4) is 0 Å². The maximum atomic E-state index is 12.0. The molecule has 1 heterocycles. The largest absolute Gasteiger partial charge is 0.314 e. The second-order valence-electron chi connectivity index (χ2n) is 4.52. The van der Waals surface area contributed by atoms with Crippen LogP contribution in [-0.2, 0) is 10.0 Å². The molecule has 2 rings (SSSR count). The average Bonchev–Trinajstić information content (AvgIpc) is 2.37. The van der Waals surface area contributed by atoms with Crippen molar-refractivity contribution in [3.63, 3.8) is 0 Å². The zero-order valence-corrected chi connectivity index (χ0v) is 13.0. The number of benzene rings is 1. The van der Waals surface area contributed by atoms with Crippen molar-refractivity contribution in [2.24, 2.45) is 0 Å². The second kappa shape index (κ2) is 6.69. The van der Waals surface area contributed by atoms with Gasteiger partial charge in [0.2, 0.25) is 10.0 Å². The van der Waals surface area contributed by atoms with E-state index in [9.17, 15) is 8.42 Å². The van der Waals surface area contributed by atoms with Crippen LogP contribution in [0.4, 0.5) is 5.69 Å². The summed E-state index contributed by atoms with van der Waals surface area (Å²) in [6, 6.07) is 7.16. The van der Waals surface area contributed by atoms with Crippen molar-refractivity contribution in [1.82, 2.24) is 10.2 Å². The van der Waals surface area contributed by atoms with Gasteiger partial charge in [-0.2, -0.15) is 0 Å². The van der Waals surface area contributed by atoms with Gasteiger partial charge in [-0.3, -0.25) is 9.62 Å².